The number of fused-ring (bicyclic) bond motifs is 2. The van der Waals surface area contributed by atoms with Crippen LogP contribution in [0.4, 0.5) is 0 Å². The molecule has 32 heavy (non-hydrogen) atoms. The van der Waals surface area contributed by atoms with Crippen LogP contribution in [0.5, 0.6) is 0 Å². The molecule has 0 saturated heterocycles. The van der Waals surface area contributed by atoms with E-state index in [-0.39, 0.29) is 25.2 Å². The second-order valence-electron chi connectivity index (χ2n) is 11.9. The van der Waals surface area contributed by atoms with Crippen LogP contribution in [0.2, 0.25) is 0 Å². The van der Waals surface area contributed by atoms with Crippen molar-refractivity contribution < 1.29 is 39.5 Å². The van der Waals surface area contributed by atoms with Gasteiger partial charge < -0.3 is 29.9 Å². The number of aliphatic hydroxyl groups excluding tert-OH is 1. The predicted octanol–water partition coefficient (Wildman–Crippen LogP) is 1.31. The molecular formula is C24H38O8. The lowest BCUT2D eigenvalue weighted by molar-refractivity contribution is -0.213. The third-order valence-electron chi connectivity index (χ3n) is 9.80. The first-order valence-corrected chi connectivity index (χ1v) is 11.7. The van der Waals surface area contributed by atoms with E-state index in [9.17, 15) is 30.0 Å². The third-order valence-corrected chi connectivity index (χ3v) is 9.80. The fraction of sp³-hybridized carbons (Fsp3) is 0.917. The number of carbonyl (C=O) groups is 2. The van der Waals surface area contributed by atoms with Crippen molar-refractivity contribution in [2.24, 2.45) is 28.6 Å². The van der Waals surface area contributed by atoms with Crippen LogP contribution >= 0.6 is 0 Å². The number of carbonyl (C=O) groups excluding carboxylic acids is 2. The van der Waals surface area contributed by atoms with Gasteiger partial charge in [-0.25, -0.2) is 0 Å². The Morgan fingerprint density at radius 2 is 1.50 bits per heavy atom. The van der Waals surface area contributed by atoms with Crippen molar-refractivity contribution in [2.45, 2.75) is 109 Å². The molecule has 8 heteroatoms. The van der Waals surface area contributed by atoms with E-state index < -0.39 is 69.7 Å². The fourth-order valence-corrected chi connectivity index (χ4v) is 8.44. The molecular weight excluding hydrogens is 416 g/mol. The van der Waals surface area contributed by atoms with Crippen molar-refractivity contribution >= 4 is 11.9 Å². The molecule has 8 nitrogen and oxygen atoms in total. The Hall–Kier alpha value is -1.22. The Morgan fingerprint density at radius 3 is 2.06 bits per heavy atom. The van der Waals surface area contributed by atoms with Gasteiger partial charge >= 0.3 is 11.9 Å². The summed E-state index contributed by atoms with van der Waals surface area (Å²) in [4.78, 5) is 24.3. The van der Waals surface area contributed by atoms with Crippen LogP contribution in [-0.2, 0) is 19.1 Å². The van der Waals surface area contributed by atoms with Crippen LogP contribution in [0.25, 0.3) is 0 Å². The minimum absolute atomic E-state index is 0.126. The lowest BCUT2D eigenvalue weighted by atomic mass is 9.57. The largest absolute Gasteiger partial charge is 0.462 e. The minimum atomic E-state index is -1.71. The maximum absolute atomic E-state index is 12.2. The van der Waals surface area contributed by atoms with Gasteiger partial charge in [-0.2, -0.15) is 0 Å². The van der Waals surface area contributed by atoms with E-state index in [1.165, 1.54) is 13.8 Å². The molecule has 0 aromatic rings. The molecule has 1 spiro atoms. The second kappa shape index (κ2) is 6.90. The van der Waals surface area contributed by atoms with Crippen LogP contribution in [0.3, 0.4) is 0 Å². The summed E-state index contributed by atoms with van der Waals surface area (Å²) in [5, 5.41) is 46.6. The Labute approximate surface area is 189 Å². The van der Waals surface area contributed by atoms with Crippen molar-refractivity contribution in [2.75, 3.05) is 0 Å². The average molecular weight is 455 g/mol. The molecule has 0 radical (unpaired) electrons. The molecule has 4 rings (SSSR count). The smallest absolute Gasteiger partial charge is 0.303 e. The molecule has 4 fully saturated rings. The number of aliphatic hydroxyl groups is 4. The van der Waals surface area contributed by atoms with E-state index in [4.69, 9.17) is 9.47 Å². The van der Waals surface area contributed by atoms with E-state index >= 15 is 0 Å². The van der Waals surface area contributed by atoms with Crippen molar-refractivity contribution in [3.8, 4) is 0 Å². The SMILES string of the molecule is CC(=O)O[C@H]1[C@H]2CC[C@H]3[C@@](C)(O)[C@@H]4C[C@H](O)C(C)(C)[C@@]4(O)[C@H](OC(C)=O)C[C@@]13C[C@@]2(C)O. The standard InChI is InChI=1S/C24H38O8/c1-12(25)31-18-10-23-11-21(5,28)14(19(23)32-13(2)26)7-8-15(23)22(6,29)16-9-17(27)20(3,4)24(16,18)30/h14-19,27-30H,7-11H2,1-6H3/t14-,15+,16+,17+,18-,19+,21-,22-,23+,24+/m1/s1. The number of esters is 2. The molecule has 0 aliphatic heterocycles. The summed E-state index contributed by atoms with van der Waals surface area (Å²) >= 11 is 0. The highest BCUT2D eigenvalue weighted by Gasteiger charge is 2.77. The maximum atomic E-state index is 12.2. The van der Waals surface area contributed by atoms with Gasteiger partial charge in [0.15, 0.2) is 0 Å². The van der Waals surface area contributed by atoms with Crippen molar-refractivity contribution in [1.29, 1.82) is 0 Å². The minimum Gasteiger partial charge on any atom is -0.462 e. The number of hydrogen-bond acceptors (Lipinski definition) is 8. The summed E-state index contributed by atoms with van der Waals surface area (Å²) in [5.74, 6) is -2.56. The molecule has 4 saturated carbocycles. The molecule has 0 amide bonds. The van der Waals surface area contributed by atoms with E-state index in [0.29, 0.717) is 12.8 Å². The molecule has 2 bridgehead atoms. The first-order chi connectivity index (χ1) is 14.5. The maximum Gasteiger partial charge on any atom is 0.303 e. The Balaban J connectivity index is 1.95. The van der Waals surface area contributed by atoms with Crippen LogP contribution in [0.1, 0.15) is 73.6 Å². The highest BCUT2D eigenvalue weighted by molar-refractivity contribution is 5.67. The van der Waals surface area contributed by atoms with Gasteiger partial charge in [-0.3, -0.25) is 9.59 Å². The lowest BCUT2D eigenvalue weighted by Gasteiger charge is -2.51. The zero-order chi connectivity index (χ0) is 24.1. The Morgan fingerprint density at radius 1 is 0.906 bits per heavy atom. The van der Waals surface area contributed by atoms with E-state index in [2.05, 4.69) is 0 Å². The van der Waals surface area contributed by atoms with E-state index in [1.54, 1.807) is 27.7 Å². The van der Waals surface area contributed by atoms with Gasteiger partial charge in [-0.15, -0.1) is 0 Å². The summed E-state index contributed by atoms with van der Waals surface area (Å²) in [5.41, 5.74) is -6.25. The highest BCUT2D eigenvalue weighted by atomic mass is 16.6. The van der Waals surface area contributed by atoms with Gasteiger partial charge in [0.2, 0.25) is 0 Å². The quantitative estimate of drug-likeness (QED) is 0.459. The number of ether oxygens (including phenoxy) is 2. The fourth-order valence-electron chi connectivity index (χ4n) is 8.44. The summed E-state index contributed by atoms with van der Waals surface area (Å²) in [6.45, 7) is 9.47. The van der Waals surface area contributed by atoms with E-state index in [1.807, 2.05) is 0 Å². The molecule has 4 aliphatic rings. The zero-order valence-electron chi connectivity index (χ0n) is 19.9. The number of rotatable bonds is 2. The molecule has 4 aliphatic carbocycles. The Bertz CT molecular complexity index is 819. The normalized spacial score (nSPS) is 53.7. The summed E-state index contributed by atoms with van der Waals surface area (Å²) in [6.07, 6.45) is -0.950. The zero-order valence-corrected chi connectivity index (χ0v) is 19.9. The van der Waals surface area contributed by atoms with Gasteiger partial charge in [-0.05, 0) is 51.9 Å². The van der Waals surface area contributed by atoms with Crippen LogP contribution < -0.4 is 0 Å². The first-order valence-electron chi connectivity index (χ1n) is 11.7. The molecule has 10 atom stereocenters. The van der Waals surface area contributed by atoms with Gasteiger partial charge in [0.05, 0.1) is 17.3 Å². The highest BCUT2D eigenvalue weighted by Crippen LogP contribution is 2.70. The van der Waals surface area contributed by atoms with Gasteiger partial charge in [0, 0.05) is 36.5 Å². The van der Waals surface area contributed by atoms with Crippen LogP contribution in [-0.4, -0.2) is 67.5 Å². The number of hydrogen-bond donors (Lipinski definition) is 4. The first kappa shape index (κ1) is 23.9. The van der Waals surface area contributed by atoms with Crippen molar-refractivity contribution in [3.63, 3.8) is 0 Å². The summed E-state index contributed by atoms with van der Waals surface area (Å²) in [6, 6.07) is 0. The molecule has 4 N–H and O–H groups in total. The second-order valence-corrected chi connectivity index (χ2v) is 11.9. The summed E-state index contributed by atoms with van der Waals surface area (Å²) < 4.78 is 11.6. The third kappa shape index (κ3) is 2.88. The van der Waals surface area contributed by atoms with Crippen molar-refractivity contribution in [1.82, 2.24) is 0 Å². The molecule has 0 heterocycles. The molecule has 0 aromatic carbocycles. The van der Waals surface area contributed by atoms with E-state index in [0.717, 1.165) is 0 Å². The van der Waals surface area contributed by atoms with Crippen LogP contribution in [0.15, 0.2) is 0 Å². The topological polar surface area (TPSA) is 134 Å². The monoisotopic (exact) mass is 454 g/mol. The van der Waals surface area contributed by atoms with Crippen molar-refractivity contribution in [3.05, 3.63) is 0 Å². The van der Waals surface area contributed by atoms with Gasteiger partial charge in [0.1, 0.15) is 17.8 Å². The molecule has 182 valence electrons. The van der Waals surface area contributed by atoms with Gasteiger partial charge in [0.25, 0.3) is 0 Å². The van der Waals surface area contributed by atoms with Crippen LogP contribution in [0, 0.1) is 28.6 Å². The molecule has 0 unspecified atom stereocenters. The lowest BCUT2D eigenvalue weighted by Crippen LogP contribution is -2.61. The molecule has 0 aromatic heterocycles. The summed E-state index contributed by atoms with van der Waals surface area (Å²) in [7, 11) is 0. The predicted molar refractivity (Wildman–Crippen MR) is 113 cm³/mol. The average Bonchev–Trinajstić information content (AvgIpc) is 2.86. The van der Waals surface area contributed by atoms with Gasteiger partial charge in [-0.1, -0.05) is 13.8 Å². The Kier molecular flexibility index (Phi) is 5.16.